The van der Waals surface area contributed by atoms with E-state index in [4.69, 9.17) is 0 Å². The van der Waals surface area contributed by atoms with Crippen molar-refractivity contribution in [3.05, 3.63) is 79.4 Å². The van der Waals surface area contributed by atoms with E-state index in [2.05, 4.69) is 42.8 Å². The van der Waals surface area contributed by atoms with Crippen molar-refractivity contribution < 1.29 is 9.18 Å². The first kappa shape index (κ1) is 22.4. The van der Waals surface area contributed by atoms with Crippen LogP contribution in [0.1, 0.15) is 6.42 Å². The molecule has 5 rings (SSSR count). The van der Waals surface area contributed by atoms with Crippen LogP contribution in [0.4, 0.5) is 27.4 Å². The van der Waals surface area contributed by atoms with Gasteiger partial charge in [-0.1, -0.05) is 6.58 Å². The Bertz CT molecular complexity index is 1380. The molecular formula is C26H24FN7O. The molecule has 3 heterocycles. The molecule has 1 atom stereocenters. The zero-order valence-corrected chi connectivity index (χ0v) is 18.9. The molecule has 4 aromatic rings. The van der Waals surface area contributed by atoms with E-state index < -0.39 is 5.82 Å². The SMILES string of the molecule is C=CC(=O)Nc1ccnc(-c2c(F)ccc3cnc(Nc4ccc(NC5CCNC5)cc4)nc23)c1. The monoisotopic (exact) mass is 469 g/mol. The Labute approximate surface area is 201 Å². The Hall–Kier alpha value is -4.37. The number of carbonyl (C=O) groups is 1. The van der Waals surface area contributed by atoms with Crippen LogP contribution in [0, 0.1) is 5.82 Å². The third-order valence-corrected chi connectivity index (χ3v) is 5.74. The number of aromatic nitrogens is 3. The van der Waals surface area contributed by atoms with Crippen molar-refractivity contribution in [2.75, 3.05) is 29.0 Å². The number of fused-ring (bicyclic) bond motifs is 1. The fourth-order valence-corrected chi connectivity index (χ4v) is 4.01. The van der Waals surface area contributed by atoms with E-state index in [0.29, 0.717) is 34.3 Å². The predicted octanol–water partition coefficient (Wildman–Crippen LogP) is 4.47. The van der Waals surface area contributed by atoms with Gasteiger partial charge in [-0.05, 0) is 67.6 Å². The first-order valence-corrected chi connectivity index (χ1v) is 11.3. The van der Waals surface area contributed by atoms with E-state index in [-0.39, 0.29) is 11.5 Å². The zero-order valence-electron chi connectivity index (χ0n) is 18.9. The molecule has 0 saturated carbocycles. The molecule has 2 aromatic heterocycles. The van der Waals surface area contributed by atoms with Crippen LogP contribution in [0.25, 0.3) is 22.2 Å². The normalized spacial score (nSPS) is 15.1. The summed E-state index contributed by atoms with van der Waals surface area (Å²) in [5.41, 5.74) is 3.32. The van der Waals surface area contributed by atoms with Crippen LogP contribution in [0.3, 0.4) is 0 Å². The molecular weight excluding hydrogens is 445 g/mol. The second-order valence-electron chi connectivity index (χ2n) is 8.21. The molecule has 35 heavy (non-hydrogen) atoms. The van der Waals surface area contributed by atoms with Crippen LogP contribution >= 0.6 is 0 Å². The van der Waals surface area contributed by atoms with Gasteiger partial charge in [-0.2, -0.15) is 0 Å². The number of pyridine rings is 1. The number of hydrogen-bond acceptors (Lipinski definition) is 7. The first-order valence-electron chi connectivity index (χ1n) is 11.3. The minimum Gasteiger partial charge on any atom is -0.381 e. The highest BCUT2D eigenvalue weighted by molar-refractivity contribution is 6.00. The molecule has 8 nitrogen and oxygen atoms in total. The molecule has 9 heteroatoms. The van der Waals surface area contributed by atoms with Crippen molar-refractivity contribution in [3.63, 3.8) is 0 Å². The van der Waals surface area contributed by atoms with Crippen molar-refractivity contribution in [1.82, 2.24) is 20.3 Å². The Morgan fingerprint density at radius 1 is 1.09 bits per heavy atom. The molecule has 2 aromatic carbocycles. The molecule has 0 aliphatic carbocycles. The summed E-state index contributed by atoms with van der Waals surface area (Å²) in [6.07, 6.45) is 5.41. The smallest absolute Gasteiger partial charge is 0.247 e. The number of hydrogen-bond donors (Lipinski definition) is 4. The lowest BCUT2D eigenvalue weighted by atomic mass is 10.1. The van der Waals surface area contributed by atoms with Gasteiger partial charge in [0.25, 0.3) is 0 Å². The summed E-state index contributed by atoms with van der Waals surface area (Å²) >= 11 is 0. The number of carbonyl (C=O) groups excluding carboxylic acids is 1. The topological polar surface area (TPSA) is 104 Å². The molecule has 0 spiro atoms. The third-order valence-electron chi connectivity index (χ3n) is 5.74. The van der Waals surface area contributed by atoms with Gasteiger partial charge < -0.3 is 21.3 Å². The quantitative estimate of drug-likeness (QED) is 0.296. The van der Waals surface area contributed by atoms with Gasteiger partial charge in [-0.3, -0.25) is 9.78 Å². The molecule has 176 valence electrons. The van der Waals surface area contributed by atoms with Crippen LogP contribution in [0.2, 0.25) is 0 Å². The second kappa shape index (κ2) is 9.86. The fraction of sp³-hybridized carbons (Fsp3) is 0.154. The summed E-state index contributed by atoms with van der Waals surface area (Å²) in [6, 6.07) is 14.5. The first-order chi connectivity index (χ1) is 17.1. The van der Waals surface area contributed by atoms with Crippen molar-refractivity contribution in [2.45, 2.75) is 12.5 Å². The highest BCUT2D eigenvalue weighted by Crippen LogP contribution is 2.31. The number of benzene rings is 2. The third kappa shape index (κ3) is 5.10. The molecule has 1 amide bonds. The van der Waals surface area contributed by atoms with Crippen molar-refractivity contribution in [2.24, 2.45) is 0 Å². The van der Waals surface area contributed by atoms with E-state index in [9.17, 15) is 9.18 Å². The van der Waals surface area contributed by atoms with Gasteiger partial charge >= 0.3 is 0 Å². The average molecular weight is 470 g/mol. The van der Waals surface area contributed by atoms with Crippen molar-refractivity contribution in [3.8, 4) is 11.3 Å². The van der Waals surface area contributed by atoms with E-state index >= 15 is 0 Å². The lowest BCUT2D eigenvalue weighted by molar-refractivity contribution is -0.111. The number of amides is 1. The fourth-order valence-electron chi connectivity index (χ4n) is 4.01. The summed E-state index contributed by atoms with van der Waals surface area (Å²) in [5, 5.41) is 13.4. The largest absolute Gasteiger partial charge is 0.381 e. The Morgan fingerprint density at radius 2 is 1.91 bits per heavy atom. The van der Waals surface area contributed by atoms with Gasteiger partial charge in [0.2, 0.25) is 11.9 Å². The number of nitrogens with zero attached hydrogens (tertiary/aromatic N) is 3. The van der Waals surface area contributed by atoms with Crippen LogP contribution in [0.15, 0.2) is 73.6 Å². The molecule has 1 saturated heterocycles. The lowest BCUT2D eigenvalue weighted by Gasteiger charge is -2.14. The van der Waals surface area contributed by atoms with E-state index in [1.165, 1.54) is 12.3 Å². The molecule has 1 aliphatic heterocycles. The minimum atomic E-state index is -0.473. The molecule has 0 radical (unpaired) electrons. The van der Waals surface area contributed by atoms with E-state index in [1.807, 2.05) is 24.3 Å². The maximum absolute atomic E-state index is 15.0. The molecule has 1 fully saturated rings. The van der Waals surface area contributed by atoms with Crippen LogP contribution in [-0.4, -0.2) is 40.0 Å². The summed E-state index contributed by atoms with van der Waals surface area (Å²) in [7, 11) is 0. The highest BCUT2D eigenvalue weighted by atomic mass is 19.1. The maximum Gasteiger partial charge on any atom is 0.247 e. The molecule has 0 bridgehead atoms. The van der Waals surface area contributed by atoms with Crippen LogP contribution in [-0.2, 0) is 4.79 Å². The number of rotatable bonds is 7. The van der Waals surface area contributed by atoms with Gasteiger partial charge in [0.1, 0.15) is 5.82 Å². The average Bonchev–Trinajstić information content (AvgIpc) is 3.38. The van der Waals surface area contributed by atoms with Gasteiger partial charge in [0.15, 0.2) is 0 Å². The van der Waals surface area contributed by atoms with Gasteiger partial charge in [-0.15, -0.1) is 0 Å². The second-order valence-corrected chi connectivity index (χ2v) is 8.21. The zero-order chi connectivity index (χ0) is 24.2. The molecule has 1 unspecified atom stereocenters. The Kier molecular flexibility index (Phi) is 6.32. The minimum absolute atomic E-state index is 0.229. The van der Waals surface area contributed by atoms with Gasteiger partial charge in [-0.25, -0.2) is 14.4 Å². The Morgan fingerprint density at radius 3 is 2.69 bits per heavy atom. The van der Waals surface area contributed by atoms with E-state index in [0.717, 1.165) is 37.0 Å². The summed E-state index contributed by atoms with van der Waals surface area (Å²) in [6.45, 7) is 5.44. The van der Waals surface area contributed by atoms with Crippen molar-refractivity contribution in [1.29, 1.82) is 0 Å². The summed E-state index contributed by atoms with van der Waals surface area (Å²) < 4.78 is 15.0. The maximum atomic E-state index is 15.0. The summed E-state index contributed by atoms with van der Waals surface area (Å²) in [5.74, 6) is -0.504. The van der Waals surface area contributed by atoms with E-state index in [1.54, 1.807) is 24.4 Å². The number of nitrogens with one attached hydrogen (secondary N) is 4. The highest BCUT2D eigenvalue weighted by Gasteiger charge is 2.16. The molecule has 1 aliphatic rings. The van der Waals surface area contributed by atoms with Crippen molar-refractivity contribution >= 4 is 39.8 Å². The van der Waals surface area contributed by atoms with Gasteiger partial charge in [0.05, 0.1) is 16.8 Å². The molecule has 4 N–H and O–H groups in total. The van der Waals surface area contributed by atoms with Crippen LogP contribution in [0.5, 0.6) is 0 Å². The van der Waals surface area contributed by atoms with Gasteiger partial charge in [0, 0.05) is 47.4 Å². The Balaban J connectivity index is 1.43. The lowest BCUT2D eigenvalue weighted by Crippen LogP contribution is -2.21. The van der Waals surface area contributed by atoms with Crippen LogP contribution < -0.4 is 21.3 Å². The number of anilines is 4. The summed E-state index contributed by atoms with van der Waals surface area (Å²) in [4.78, 5) is 25.0. The number of halogens is 1. The standard InChI is InChI=1S/C26H24FN7O/c1-2-23(35)32-19-10-12-29-22(13-19)24-21(27)8-3-16-14-30-26(34-25(16)24)33-18-6-4-17(5-7-18)31-20-9-11-28-15-20/h2-8,10,12-14,20,28,31H,1,9,11,15H2,(H,29,32,35)(H,30,33,34). The predicted molar refractivity (Wildman–Crippen MR) is 136 cm³/mol.